The average molecular weight is 345 g/mol. The fourth-order valence-electron chi connectivity index (χ4n) is 4.04. The van der Waals surface area contributed by atoms with Crippen molar-refractivity contribution in [2.24, 2.45) is 0 Å². The first-order valence-corrected chi connectivity index (χ1v) is 10.5. The van der Waals surface area contributed by atoms with Crippen LogP contribution in [0, 0.1) is 0 Å². The molecule has 0 radical (unpaired) electrons. The Kier molecular flexibility index (Phi) is 5.75. The molecule has 1 aliphatic rings. The van der Waals surface area contributed by atoms with Crippen molar-refractivity contribution in [1.82, 2.24) is 0 Å². The summed E-state index contributed by atoms with van der Waals surface area (Å²) in [4.78, 5) is 1.44. The number of nitrogens with one attached hydrogen (secondary N) is 1. The molecule has 3 rings (SSSR count). The van der Waals surface area contributed by atoms with Crippen LogP contribution in [0.5, 0.6) is 0 Å². The molecular weight excluding hydrogens is 314 g/mol. The number of thiophene rings is 1. The van der Waals surface area contributed by atoms with Gasteiger partial charge in [0.1, 0.15) is 0 Å². The van der Waals surface area contributed by atoms with Crippen LogP contribution >= 0.6 is 10.7 Å². The zero-order chi connectivity index (χ0) is 17.0. The predicted molar refractivity (Wildman–Crippen MR) is 105 cm³/mol. The minimum absolute atomic E-state index is 0.0192. The third-order valence-electron chi connectivity index (χ3n) is 5.21. The maximum Gasteiger partial charge on any atom is 0.178 e. The molecular formula is C21H30NOS+. The van der Waals surface area contributed by atoms with E-state index >= 15 is 0 Å². The maximum absolute atomic E-state index is 11.1. The second kappa shape index (κ2) is 7.81. The van der Waals surface area contributed by atoms with Crippen LogP contribution in [0.4, 0.5) is 0 Å². The topological polar surface area (TPSA) is 32.3 Å². The van der Waals surface area contributed by atoms with E-state index in [0.717, 1.165) is 6.42 Å². The summed E-state index contributed by atoms with van der Waals surface area (Å²) in [5.41, 5.74) is 2.02. The van der Waals surface area contributed by atoms with Crippen molar-refractivity contribution in [3.63, 3.8) is 0 Å². The molecule has 1 fully saturated rings. The summed E-state index contributed by atoms with van der Waals surface area (Å²) >= 11 is 0. The molecule has 2 aromatic rings. The van der Waals surface area contributed by atoms with E-state index in [1.807, 2.05) is 32.2 Å². The first-order chi connectivity index (χ1) is 11.6. The van der Waals surface area contributed by atoms with Gasteiger partial charge in [0.25, 0.3) is 0 Å². The van der Waals surface area contributed by atoms with Gasteiger partial charge in [0.15, 0.2) is 10.3 Å². The fourth-order valence-corrected chi connectivity index (χ4v) is 5.82. The molecule has 1 aromatic carbocycles. The average Bonchev–Trinajstić information content (AvgIpc) is 2.98. The highest BCUT2D eigenvalue weighted by Crippen LogP contribution is 2.41. The van der Waals surface area contributed by atoms with E-state index in [1.54, 1.807) is 0 Å². The first-order valence-electron chi connectivity index (χ1n) is 9.17. The van der Waals surface area contributed by atoms with Crippen LogP contribution in [0.2, 0.25) is 0 Å². The summed E-state index contributed by atoms with van der Waals surface area (Å²) in [6.45, 7) is 1.99. The van der Waals surface area contributed by atoms with Crippen molar-refractivity contribution in [3.05, 3.63) is 57.8 Å². The van der Waals surface area contributed by atoms with E-state index in [-0.39, 0.29) is 10.7 Å². The largest absolute Gasteiger partial charge is 0.389 e. The number of rotatable bonds is 6. The molecule has 1 aliphatic carbocycles. The molecule has 0 aliphatic heterocycles. The normalized spacial score (nSPS) is 19.2. The zero-order valence-corrected chi connectivity index (χ0v) is 15.7. The van der Waals surface area contributed by atoms with E-state index in [0.29, 0.717) is 12.3 Å². The molecule has 1 saturated carbocycles. The number of hydrogen-bond donors (Lipinski definition) is 2. The van der Waals surface area contributed by atoms with Gasteiger partial charge in [0, 0.05) is 25.1 Å². The van der Waals surface area contributed by atoms with Gasteiger partial charge >= 0.3 is 0 Å². The summed E-state index contributed by atoms with van der Waals surface area (Å²) in [7, 11) is 2.01. The molecule has 0 bridgehead atoms. The van der Waals surface area contributed by atoms with Gasteiger partial charge in [0.05, 0.1) is 22.7 Å². The SMILES string of the molecule is CN[s+]1ccc(C2CCCCC2)c1CC(C)(O)Cc1ccccc1. The molecule has 2 unspecified atom stereocenters. The Morgan fingerprint density at radius 1 is 1.08 bits per heavy atom. The second-order valence-electron chi connectivity index (χ2n) is 7.39. The number of benzene rings is 1. The van der Waals surface area contributed by atoms with Crippen LogP contribution in [0.25, 0.3) is 0 Å². The Hall–Kier alpha value is -1.16. The Morgan fingerprint density at radius 2 is 1.79 bits per heavy atom. The van der Waals surface area contributed by atoms with Gasteiger partial charge < -0.3 is 5.11 Å². The van der Waals surface area contributed by atoms with Crippen molar-refractivity contribution in [2.45, 2.75) is 63.4 Å². The molecule has 2 atom stereocenters. The molecule has 1 aromatic heterocycles. The van der Waals surface area contributed by atoms with Crippen molar-refractivity contribution < 1.29 is 5.11 Å². The van der Waals surface area contributed by atoms with Crippen LogP contribution in [0.15, 0.2) is 41.8 Å². The van der Waals surface area contributed by atoms with Gasteiger partial charge in [0.2, 0.25) is 0 Å². The highest BCUT2D eigenvalue weighted by Gasteiger charge is 2.32. The maximum atomic E-state index is 11.1. The summed E-state index contributed by atoms with van der Waals surface area (Å²) in [6, 6.07) is 12.7. The molecule has 0 spiro atoms. The quantitative estimate of drug-likeness (QED) is 0.707. The fraction of sp³-hybridized carbons (Fsp3) is 0.524. The van der Waals surface area contributed by atoms with Crippen LogP contribution < -0.4 is 4.72 Å². The number of aliphatic hydroxyl groups is 1. The van der Waals surface area contributed by atoms with Gasteiger partial charge in [-0.05, 0) is 31.2 Å². The summed E-state index contributed by atoms with van der Waals surface area (Å²) < 4.78 is 3.44. The lowest BCUT2D eigenvalue weighted by molar-refractivity contribution is 0.0613. The summed E-state index contributed by atoms with van der Waals surface area (Å²) in [5.74, 6) is 0.698. The monoisotopic (exact) mass is 344 g/mol. The van der Waals surface area contributed by atoms with Crippen LogP contribution in [-0.4, -0.2) is 17.8 Å². The standard InChI is InChI=1S/C21H30NOS/c1-21(23,15-17-9-5-3-6-10-17)16-20-19(13-14-24(20)22-2)18-11-7-4-8-12-18/h3,5-6,9-10,13-14,18,22-23H,4,7-8,11-12,15-16H2,1-2H3/q+1. The van der Waals surface area contributed by atoms with Gasteiger partial charge in [-0.2, -0.15) is 0 Å². The smallest absolute Gasteiger partial charge is 0.178 e. The van der Waals surface area contributed by atoms with Crippen molar-refractivity contribution >= 4 is 10.7 Å². The second-order valence-corrected chi connectivity index (χ2v) is 9.24. The Balaban J connectivity index is 1.81. The van der Waals surface area contributed by atoms with E-state index in [1.165, 1.54) is 48.1 Å². The lowest BCUT2D eigenvalue weighted by Crippen LogP contribution is -2.30. The highest BCUT2D eigenvalue weighted by molar-refractivity contribution is 7.31. The van der Waals surface area contributed by atoms with E-state index in [4.69, 9.17) is 0 Å². The third-order valence-corrected chi connectivity index (χ3v) is 6.96. The van der Waals surface area contributed by atoms with Gasteiger partial charge in [-0.3, -0.25) is 0 Å². The van der Waals surface area contributed by atoms with E-state index in [2.05, 4.69) is 28.3 Å². The van der Waals surface area contributed by atoms with Crippen molar-refractivity contribution in [2.75, 3.05) is 11.8 Å². The minimum atomic E-state index is -0.704. The van der Waals surface area contributed by atoms with E-state index < -0.39 is 5.60 Å². The molecule has 2 nitrogen and oxygen atoms in total. The van der Waals surface area contributed by atoms with E-state index in [9.17, 15) is 5.11 Å². The van der Waals surface area contributed by atoms with Crippen LogP contribution in [-0.2, 0) is 12.8 Å². The molecule has 0 amide bonds. The Bertz CT molecular complexity index is 641. The third kappa shape index (κ3) is 4.27. The predicted octanol–water partition coefficient (Wildman–Crippen LogP) is 5.19. The van der Waals surface area contributed by atoms with Gasteiger partial charge in [-0.1, -0.05) is 49.6 Å². The molecule has 1 heterocycles. The zero-order valence-electron chi connectivity index (χ0n) is 14.9. The summed E-state index contributed by atoms with van der Waals surface area (Å²) in [5, 5.41) is 13.4. The summed E-state index contributed by atoms with van der Waals surface area (Å²) in [6.07, 6.45) is 8.16. The highest BCUT2D eigenvalue weighted by atomic mass is 32.2. The van der Waals surface area contributed by atoms with Crippen LogP contribution in [0.1, 0.15) is 60.9 Å². The molecule has 0 saturated heterocycles. The number of hydrogen-bond acceptors (Lipinski definition) is 2. The first kappa shape index (κ1) is 17.7. The lowest BCUT2D eigenvalue weighted by Gasteiger charge is -2.25. The Morgan fingerprint density at radius 3 is 2.46 bits per heavy atom. The molecule has 24 heavy (non-hydrogen) atoms. The van der Waals surface area contributed by atoms with Gasteiger partial charge in [-0.15, -0.1) is 4.72 Å². The van der Waals surface area contributed by atoms with Crippen molar-refractivity contribution in [1.29, 1.82) is 0 Å². The minimum Gasteiger partial charge on any atom is -0.389 e. The van der Waals surface area contributed by atoms with Crippen LogP contribution in [0.3, 0.4) is 0 Å². The van der Waals surface area contributed by atoms with Crippen molar-refractivity contribution in [3.8, 4) is 0 Å². The lowest BCUT2D eigenvalue weighted by atomic mass is 9.82. The molecule has 3 heteroatoms. The Labute approximate surface area is 149 Å². The van der Waals surface area contributed by atoms with Gasteiger partial charge in [-0.25, -0.2) is 0 Å². The molecule has 2 N–H and O–H groups in total. The molecule has 130 valence electrons.